The van der Waals surface area contributed by atoms with Gasteiger partial charge in [-0.2, -0.15) is 0 Å². The van der Waals surface area contributed by atoms with Crippen molar-refractivity contribution in [2.45, 2.75) is 13.5 Å². The third-order valence-electron chi connectivity index (χ3n) is 3.99. The first-order valence-electron chi connectivity index (χ1n) is 7.81. The molecule has 5 nitrogen and oxygen atoms in total. The second-order valence-electron chi connectivity index (χ2n) is 5.87. The van der Waals surface area contributed by atoms with E-state index in [1.165, 1.54) is 4.90 Å². The van der Waals surface area contributed by atoms with Crippen LogP contribution in [0, 0.1) is 6.92 Å². The Labute approximate surface area is 149 Å². The molecule has 0 radical (unpaired) electrons. The molecule has 0 aromatic heterocycles. The van der Waals surface area contributed by atoms with Gasteiger partial charge in [-0.05, 0) is 48.0 Å². The molecule has 0 saturated carbocycles. The topological polar surface area (TPSA) is 55.8 Å². The second kappa shape index (κ2) is 6.29. The number of amides is 2. The molecule has 2 aliphatic rings. The molecule has 4 rings (SSSR count). The summed E-state index contributed by atoms with van der Waals surface area (Å²) in [5.74, 6) is 1.06. The van der Waals surface area contributed by atoms with Crippen LogP contribution in [0.25, 0.3) is 6.08 Å². The molecule has 1 saturated heterocycles. The molecule has 0 bridgehead atoms. The van der Waals surface area contributed by atoms with Crippen molar-refractivity contribution >= 4 is 29.0 Å². The predicted molar refractivity (Wildman–Crippen MR) is 95.3 cm³/mol. The molecule has 2 aromatic carbocycles. The van der Waals surface area contributed by atoms with E-state index in [9.17, 15) is 9.59 Å². The number of hydrogen-bond donors (Lipinski definition) is 0. The summed E-state index contributed by atoms with van der Waals surface area (Å²) < 4.78 is 10.6. The summed E-state index contributed by atoms with van der Waals surface area (Å²) in [7, 11) is 0. The van der Waals surface area contributed by atoms with E-state index >= 15 is 0 Å². The number of carbonyl (C=O) groups excluding carboxylic acids is 2. The van der Waals surface area contributed by atoms with Gasteiger partial charge in [0, 0.05) is 0 Å². The summed E-state index contributed by atoms with van der Waals surface area (Å²) in [6.07, 6.45) is 1.71. The lowest BCUT2D eigenvalue weighted by atomic mass is 10.1. The molecule has 0 spiro atoms. The van der Waals surface area contributed by atoms with Gasteiger partial charge < -0.3 is 9.47 Å². The molecule has 0 unspecified atom stereocenters. The molecule has 2 amide bonds. The fourth-order valence-electron chi connectivity index (χ4n) is 2.78. The summed E-state index contributed by atoms with van der Waals surface area (Å²) in [5.41, 5.74) is 2.83. The van der Waals surface area contributed by atoms with Crippen LogP contribution in [-0.4, -0.2) is 22.8 Å². The van der Waals surface area contributed by atoms with Crippen LogP contribution in [0.1, 0.15) is 16.7 Å². The SMILES string of the molecule is Cc1cccc(CN2C(=O)S/C(=C\c3ccc4c(c3)OCO4)C2=O)c1. The van der Waals surface area contributed by atoms with Gasteiger partial charge in [0.25, 0.3) is 11.1 Å². The highest BCUT2D eigenvalue weighted by atomic mass is 32.2. The number of nitrogens with zero attached hydrogens (tertiary/aromatic N) is 1. The molecule has 126 valence electrons. The Balaban J connectivity index is 1.56. The van der Waals surface area contributed by atoms with Crippen molar-refractivity contribution in [1.29, 1.82) is 0 Å². The van der Waals surface area contributed by atoms with Crippen LogP contribution in [0.15, 0.2) is 47.4 Å². The Morgan fingerprint density at radius 2 is 1.96 bits per heavy atom. The van der Waals surface area contributed by atoms with E-state index in [0.29, 0.717) is 16.4 Å². The third kappa shape index (κ3) is 3.13. The summed E-state index contributed by atoms with van der Waals surface area (Å²) in [6, 6.07) is 13.2. The molecule has 2 aromatic rings. The fraction of sp³-hybridized carbons (Fsp3) is 0.158. The monoisotopic (exact) mass is 353 g/mol. The minimum atomic E-state index is -0.269. The second-order valence-corrected chi connectivity index (χ2v) is 6.86. The Hall–Kier alpha value is -2.73. The number of benzene rings is 2. The molecular weight excluding hydrogens is 338 g/mol. The van der Waals surface area contributed by atoms with Crippen molar-refractivity contribution in [2.24, 2.45) is 0 Å². The smallest absolute Gasteiger partial charge is 0.293 e. The van der Waals surface area contributed by atoms with E-state index in [-0.39, 0.29) is 24.5 Å². The quantitative estimate of drug-likeness (QED) is 0.782. The van der Waals surface area contributed by atoms with E-state index in [1.54, 1.807) is 18.2 Å². The van der Waals surface area contributed by atoms with Crippen LogP contribution in [0.2, 0.25) is 0 Å². The van der Waals surface area contributed by atoms with E-state index in [1.807, 2.05) is 37.3 Å². The minimum absolute atomic E-state index is 0.200. The molecule has 6 heteroatoms. The van der Waals surface area contributed by atoms with Crippen molar-refractivity contribution < 1.29 is 19.1 Å². The maximum absolute atomic E-state index is 12.6. The Morgan fingerprint density at radius 3 is 2.80 bits per heavy atom. The van der Waals surface area contributed by atoms with Crippen LogP contribution in [0.5, 0.6) is 11.5 Å². The number of rotatable bonds is 3. The van der Waals surface area contributed by atoms with Crippen molar-refractivity contribution in [3.05, 3.63) is 64.1 Å². The third-order valence-corrected chi connectivity index (χ3v) is 4.90. The van der Waals surface area contributed by atoms with Crippen molar-refractivity contribution in [1.82, 2.24) is 4.90 Å². The predicted octanol–water partition coefficient (Wildman–Crippen LogP) is 3.96. The van der Waals surface area contributed by atoms with Crippen LogP contribution in [0.3, 0.4) is 0 Å². The van der Waals surface area contributed by atoms with Crippen LogP contribution >= 0.6 is 11.8 Å². The summed E-state index contributed by atoms with van der Waals surface area (Å²) in [4.78, 5) is 26.5. The Bertz CT molecular complexity index is 906. The van der Waals surface area contributed by atoms with Gasteiger partial charge in [-0.25, -0.2) is 0 Å². The minimum Gasteiger partial charge on any atom is -0.454 e. The lowest BCUT2D eigenvalue weighted by Gasteiger charge is -2.12. The molecule has 1 fully saturated rings. The zero-order valence-electron chi connectivity index (χ0n) is 13.5. The molecule has 2 aliphatic heterocycles. The number of imide groups is 1. The number of fused-ring (bicyclic) bond motifs is 1. The average molecular weight is 353 g/mol. The normalized spacial score (nSPS) is 17.6. The van der Waals surface area contributed by atoms with Crippen molar-refractivity contribution in [2.75, 3.05) is 6.79 Å². The van der Waals surface area contributed by atoms with E-state index in [4.69, 9.17) is 9.47 Å². The van der Waals surface area contributed by atoms with Gasteiger partial charge in [0.15, 0.2) is 11.5 Å². The van der Waals surface area contributed by atoms with Gasteiger partial charge in [-0.15, -0.1) is 0 Å². The summed E-state index contributed by atoms with van der Waals surface area (Å²) >= 11 is 0.960. The molecule has 0 atom stereocenters. The van der Waals surface area contributed by atoms with Gasteiger partial charge in [0.2, 0.25) is 6.79 Å². The first-order chi connectivity index (χ1) is 12.1. The standard InChI is InChI=1S/C19H15NO4S/c1-12-3-2-4-14(7-12)10-20-18(21)17(25-19(20)22)9-13-5-6-15-16(8-13)24-11-23-15/h2-9H,10-11H2,1H3/b17-9-. The molecular formula is C19H15NO4S. The maximum Gasteiger partial charge on any atom is 0.293 e. The van der Waals surface area contributed by atoms with Gasteiger partial charge in [0.05, 0.1) is 11.4 Å². The fourth-order valence-corrected chi connectivity index (χ4v) is 3.62. The highest BCUT2D eigenvalue weighted by Gasteiger charge is 2.35. The average Bonchev–Trinajstić information content (AvgIpc) is 3.15. The number of ether oxygens (including phenoxy) is 2. The number of carbonyl (C=O) groups is 2. The van der Waals surface area contributed by atoms with E-state index in [2.05, 4.69) is 0 Å². The van der Waals surface area contributed by atoms with E-state index in [0.717, 1.165) is 28.5 Å². The Morgan fingerprint density at radius 1 is 1.12 bits per heavy atom. The Kier molecular flexibility index (Phi) is 3.97. The highest BCUT2D eigenvalue weighted by molar-refractivity contribution is 8.18. The molecule has 0 N–H and O–H groups in total. The van der Waals surface area contributed by atoms with Gasteiger partial charge in [0.1, 0.15) is 0 Å². The van der Waals surface area contributed by atoms with Crippen LogP contribution < -0.4 is 9.47 Å². The lowest BCUT2D eigenvalue weighted by molar-refractivity contribution is -0.123. The van der Waals surface area contributed by atoms with Gasteiger partial charge in [-0.1, -0.05) is 35.9 Å². The zero-order chi connectivity index (χ0) is 17.4. The van der Waals surface area contributed by atoms with Crippen molar-refractivity contribution in [3.8, 4) is 11.5 Å². The van der Waals surface area contributed by atoms with E-state index < -0.39 is 0 Å². The first kappa shape index (κ1) is 15.8. The van der Waals surface area contributed by atoms with Crippen LogP contribution in [0.4, 0.5) is 4.79 Å². The highest BCUT2D eigenvalue weighted by Crippen LogP contribution is 2.36. The summed E-state index contributed by atoms with van der Waals surface area (Å²) in [5, 5.41) is -0.251. The number of thioether (sulfide) groups is 1. The first-order valence-corrected chi connectivity index (χ1v) is 8.62. The van der Waals surface area contributed by atoms with Gasteiger partial charge >= 0.3 is 0 Å². The zero-order valence-corrected chi connectivity index (χ0v) is 14.3. The largest absolute Gasteiger partial charge is 0.454 e. The molecule has 25 heavy (non-hydrogen) atoms. The van der Waals surface area contributed by atoms with Gasteiger partial charge in [-0.3, -0.25) is 14.5 Å². The molecule has 0 aliphatic carbocycles. The van der Waals surface area contributed by atoms with Crippen molar-refractivity contribution in [3.63, 3.8) is 0 Å². The molecule has 2 heterocycles. The summed E-state index contributed by atoms with van der Waals surface area (Å²) in [6.45, 7) is 2.47. The number of aryl methyl sites for hydroxylation is 1. The number of hydrogen-bond acceptors (Lipinski definition) is 5. The maximum atomic E-state index is 12.6. The van der Waals surface area contributed by atoms with Crippen LogP contribution in [-0.2, 0) is 11.3 Å². The lowest BCUT2D eigenvalue weighted by Crippen LogP contribution is -2.27.